The molecule has 1 rings (SSSR count). The summed E-state index contributed by atoms with van der Waals surface area (Å²) in [5.41, 5.74) is 0. The fourth-order valence-corrected chi connectivity index (χ4v) is 0.978. The van der Waals surface area contributed by atoms with Crippen LogP contribution < -0.4 is 4.74 Å². The average Bonchev–Trinajstić information content (AvgIpc) is 2.05. The van der Waals surface area contributed by atoms with Crippen molar-refractivity contribution in [2.24, 2.45) is 0 Å². The summed E-state index contributed by atoms with van der Waals surface area (Å²) in [7, 11) is 0. The summed E-state index contributed by atoms with van der Waals surface area (Å²) in [6, 6.07) is 9.55. The Morgan fingerprint density at radius 2 is 2.00 bits per heavy atom. The molecule has 1 aromatic rings. The molecule has 0 aromatic heterocycles. The molecular formula is C9H11BrO2. The van der Waals surface area contributed by atoms with Crippen molar-refractivity contribution in [2.45, 2.75) is 11.4 Å². The van der Waals surface area contributed by atoms with Gasteiger partial charge >= 0.3 is 0 Å². The van der Waals surface area contributed by atoms with Gasteiger partial charge in [-0.05, 0) is 12.1 Å². The molecule has 0 radical (unpaired) electrons. The van der Waals surface area contributed by atoms with Crippen LogP contribution in [0.15, 0.2) is 30.3 Å². The van der Waals surface area contributed by atoms with E-state index in [9.17, 15) is 0 Å². The molecule has 0 spiro atoms. The molecule has 2 nitrogen and oxygen atoms in total. The highest BCUT2D eigenvalue weighted by atomic mass is 79.9. The number of hydrogen-bond donors (Lipinski definition) is 1. The van der Waals surface area contributed by atoms with Crippen molar-refractivity contribution in [3.8, 4) is 5.75 Å². The summed E-state index contributed by atoms with van der Waals surface area (Å²) < 4.78 is 5.33. The van der Waals surface area contributed by atoms with Gasteiger partial charge in [-0.2, -0.15) is 0 Å². The summed E-state index contributed by atoms with van der Waals surface area (Å²) in [6.45, 7) is 0.524. The van der Waals surface area contributed by atoms with Crippen LogP contribution in [0.25, 0.3) is 0 Å². The van der Waals surface area contributed by atoms with Crippen LogP contribution in [-0.4, -0.2) is 16.7 Å². The topological polar surface area (TPSA) is 29.5 Å². The molecule has 1 N–H and O–H groups in total. The number of benzene rings is 1. The van der Waals surface area contributed by atoms with Crippen molar-refractivity contribution in [3.63, 3.8) is 0 Å². The lowest BCUT2D eigenvalue weighted by Crippen LogP contribution is -2.04. The number of ether oxygens (including phenoxy) is 1. The van der Waals surface area contributed by atoms with E-state index < -0.39 is 5.01 Å². The second-order valence-corrected chi connectivity index (χ2v) is 3.44. The first kappa shape index (κ1) is 9.55. The zero-order chi connectivity index (χ0) is 8.81. The van der Waals surface area contributed by atoms with Gasteiger partial charge in [0.15, 0.2) is 0 Å². The van der Waals surface area contributed by atoms with Crippen molar-refractivity contribution in [3.05, 3.63) is 30.3 Å². The lowest BCUT2D eigenvalue weighted by Gasteiger charge is -2.05. The fourth-order valence-electron chi connectivity index (χ4n) is 0.791. The zero-order valence-corrected chi connectivity index (χ0v) is 8.20. The average molecular weight is 231 g/mol. The normalized spacial score (nSPS) is 12.5. The van der Waals surface area contributed by atoms with Crippen LogP contribution in [0, 0.1) is 0 Å². The van der Waals surface area contributed by atoms with Crippen LogP contribution in [0.3, 0.4) is 0 Å². The zero-order valence-electron chi connectivity index (χ0n) is 6.61. The van der Waals surface area contributed by atoms with E-state index in [4.69, 9.17) is 9.84 Å². The Hall–Kier alpha value is -0.540. The van der Waals surface area contributed by atoms with Gasteiger partial charge < -0.3 is 9.84 Å². The van der Waals surface area contributed by atoms with E-state index in [2.05, 4.69) is 15.9 Å². The van der Waals surface area contributed by atoms with Gasteiger partial charge in [0.25, 0.3) is 0 Å². The van der Waals surface area contributed by atoms with E-state index >= 15 is 0 Å². The van der Waals surface area contributed by atoms with Crippen molar-refractivity contribution < 1.29 is 9.84 Å². The van der Waals surface area contributed by atoms with Crippen molar-refractivity contribution in [1.29, 1.82) is 0 Å². The highest BCUT2D eigenvalue weighted by Gasteiger charge is 1.97. The van der Waals surface area contributed by atoms with Crippen LogP contribution in [0.4, 0.5) is 0 Å². The number of aliphatic hydroxyl groups is 1. The van der Waals surface area contributed by atoms with Gasteiger partial charge in [-0.25, -0.2) is 0 Å². The second kappa shape index (κ2) is 5.17. The molecule has 0 bridgehead atoms. The summed E-state index contributed by atoms with van der Waals surface area (Å²) in [5.74, 6) is 0.839. The van der Waals surface area contributed by atoms with Gasteiger partial charge in [0.1, 0.15) is 10.8 Å². The number of aliphatic hydroxyl groups excluding tert-OH is 1. The van der Waals surface area contributed by atoms with Gasteiger partial charge in [0.2, 0.25) is 0 Å². The van der Waals surface area contributed by atoms with Gasteiger partial charge in [-0.15, -0.1) is 0 Å². The largest absolute Gasteiger partial charge is 0.493 e. The summed E-state index contributed by atoms with van der Waals surface area (Å²) >= 11 is 3.02. The standard InChI is InChI=1S/C9H11BrO2/c10-9(11)6-7-12-8-4-2-1-3-5-8/h1-5,9,11H,6-7H2. The van der Waals surface area contributed by atoms with E-state index in [-0.39, 0.29) is 0 Å². The minimum Gasteiger partial charge on any atom is -0.493 e. The fraction of sp³-hybridized carbons (Fsp3) is 0.333. The molecule has 0 saturated carbocycles. The SMILES string of the molecule is OC(Br)CCOc1ccccc1. The molecule has 0 fully saturated rings. The molecule has 66 valence electrons. The molecule has 3 heteroatoms. The lowest BCUT2D eigenvalue weighted by molar-refractivity contribution is 0.214. The first-order chi connectivity index (χ1) is 5.79. The Morgan fingerprint density at radius 3 is 2.58 bits per heavy atom. The van der Waals surface area contributed by atoms with E-state index in [1.807, 2.05) is 30.3 Å². The van der Waals surface area contributed by atoms with E-state index in [0.29, 0.717) is 13.0 Å². The molecule has 0 saturated heterocycles. The first-order valence-electron chi connectivity index (χ1n) is 3.79. The van der Waals surface area contributed by atoms with E-state index in [1.54, 1.807) is 0 Å². The molecule has 0 heterocycles. The molecule has 0 amide bonds. The minimum atomic E-state index is -0.471. The highest BCUT2D eigenvalue weighted by molar-refractivity contribution is 9.09. The minimum absolute atomic E-state index is 0.471. The summed E-state index contributed by atoms with van der Waals surface area (Å²) in [5, 5.41) is 8.40. The third kappa shape index (κ3) is 3.74. The summed E-state index contributed by atoms with van der Waals surface area (Å²) in [4.78, 5) is 0. The number of alkyl halides is 1. The quantitative estimate of drug-likeness (QED) is 0.804. The third-order valence-electron chi connectivity index (χ3n) is 1.37. The van der Waals surface area contributed by atoms with Crippen molar-refractivity contribution in [1.82, 2.24) is 0 Å². The smallest absolute Gasteiger partial charge is 0.119 e. The Morgan fingerprint density at radius 1 is 1.33 bits per heavy atom. The summed E-state index contributed by atoms with van der Waals surface area (Å²) in [6.07, 6.45) is 0.592. The van der Waals surface area contributed by atoms with Gasteiger partial charge in [0.05, 0.1) is 6.61 Å². The molecule has 0 aliphatic rings. The Labute approximate surface area is 80.3 Å². The molecule has 0 aliphatic carbocycles. The third-order valence-corrected chi connectivity index (χ3v) is 1.83. The predicted molar refractivity (Wildman–Crippen MR) is 51.5 cm³/mol. The van der Waals surface area contributed by atoms with Crippen LogP contribution >= 0.6 is 15.9 Å². The van der Waals surface area contributed by atoms with Gasteiger partial charge in [0, 0.05) is 6.42 Å². The molecule has 12 heavy (non-hydrogen) atoms. The van der Waals surface area contributed by atoms with Crippen LogP contribution in [0.1, 0.15) is 6.42 Å². The number of hydrogen-bond acceptors (Lipinski definition) is 2. The monoisotopic (exact) mass is 230 g/mol. The highest BCUT2D eigenvalue weighted by Crippen LogP contribution is 2.09. The molecule has 1 aromatic carbocycles. The van der Waals surface area contributed by atoms with Gasteiger partial charge in [-0.3, -0.25) is 0 Å². The van der Waals surface area contributed by atoms with Crippen LogP contribution in [0.5, 0.6) is 5.75 Å². The number of halogens is 1. The maximum absolute atomic E-state index is 8.87. The first-order valence-corrected chi connectivity index (χ1v) is 4.70. The maximum atomic E-state index is 8.87. The molecule has 1 unspecified atom stereocenters. The van der Waals surface area contributed by atoms with Crippen LogP contribution in [-0.2, 0) is 0 Å². The lowest BCUT2D eigenvalue weighted by atomic mass is 10.3. The second-order valence-electron chi connectivity index (χ2n) is 2.38. The van der Waals surface area contributed by atoms with Crippen LogP contribution in [0.2, 0.25) is 0 Å². The molecular weight excluding hydrogens is 220 g/mol. The van der Waals surface area contributed by atoms with E-state index in [0.717, 1.165) is 5.75 Å². The van der Waals surface area contributed by atoms with Gasteiger partial charge in [-0.1, -0.05) is 34.1 Å². The molecule has 0 aliphatic heterocycles. The maximum Gasteiger partial charge on any atom is 0.119 e. The Bertz CT molecular complexity index is 211. The predicted octanol–water partition coefficient (Wildman–Crippen LogP) is 2.17. The Balaban J connectivity index is 2.25. The van der Waals surface area contributed by atoms with Crippen molar-refractivity contribution >= 4 is 15.9 Å². The molecule has 1 atom stereocenters. The number of rotatable bonds is 4. The van der Waals surface area contributed by atoms with E-state index in [1.165, 1.54) is 0 Å². The Kier molecular flexibility index (Phi) is 4.11. The van der Waals surface area contributed by atoms with Crippen molar-refractivity contribution in [2.75, 3.05) is 6.61 Å². The number of para-hydroxylation sites is 1.